The molecule has 0 aliphatic carbocycles. The fourth-order valence-electron chi connectivity index (χ4n) is 3.31. The van der Waals surface area contributed by atoms with E-state index in [9.17, 15) is 0 Å². The fraction of sp³-hybridized carbons (Fsp3) is 0.667. The van der Waals surface area contributed by atoms with Crippen LogP contribution in [0.5, 0.6) is 0 Å². The Morgan fingerprint density at radius 1 is 1.36 bits per heavy atom. The lowest BCUT2D eigenvalue weighted by atomic mass is 9.79. The Labute approximate surface area is 89.3 Å². The Balaban J connectivity index is 2.11. The maximum atomic E-state index is 2.66. The highest BCUT2D eigenvalue weighted by molar-refractivity contribution is 8.32. The van der Waals surface area contributed by atoms with Crippen LogP contribution < -0.4 is 0 Å². The van der Waals surface area contributed by atoms with Crippen molar-refractivity contribution in [1.29, 1.82) is 0 Å². The van der Waals surface area contributed by atoms with Crippen LogP contribution in [-0.4, -0.2) is 18.0 Å². The van der Waals surface area contributed by atoms with Crippen LogP contribution in [0.4, 0.5) is 0 Å². The molecule has 0 aromatic rings. The Kier molecular flexibility index (Phi) is 1.86. The van der Waals surface area contributed by atoms with Crippen molar-refractivity contribution >= 4 is 15.2 Å². The van der Waals surface area contributed by atoms with E-state index in [4.69, 9.17) is 0 Å². The first-order valence-electron chi connectivity index (χ1n) is 5.42. The highest BCUT2D eigenvalue weighted by atomic mass is 32.1. The standard InChI is InChI=1S/C12H18P2/c1-8-5-14-11(10(8)3)12(4)7-13(14)6-9(12)2/h6,11H,5,7H2,1-4H3/t11-,12-,13-,14+/m1/s1. The molecule has 0 saturated carbocycles. The minimum atomic E-state index is 0.311. The summed E-state index contributed by atoms with van der Waals surface area (Å²) in [5.74, 6) is 2.66. The van der Waals surface area contributed by atoms with Gasteiger partial charge in [-0.25, -0.2) is 0 Å². The molecule has 0 N–H and O–H groups in total. The molecular weight excluding hydrogens is 206 g/mol. The van der Waals surface area contributed by atoms with E-state index in [0.29, 0.717) is 20.6 Å². The van der Waals surface area contributed by atoms with Gasteiger partial charge in [0.2, 0.25) is 0 Å². The lowest BCUT2D eigenvalue weighted by molar-refractivity contribution is 0.475. The largest absolute Gasteiger partial charge is 0.0691 e. The van der Waals surface area contributed by atoms with Crippen LogP contribution in [0.15, 0.2) is 22.5 Å². The van der Waals surface area contributed by atoms with Crippen molar-refractivity contribution in [3.63, 3.8) is 0 Å². The molecular formula is C12H18P2. The van der Waals surface area contributed by atoms with Crippen molar-refractivity contribution in [3.05, 3.63) is 22.5 Å². The summed E-state index contributed by atoms with van der Waals surface area (Å²) in [5.41, 5.74) is 6.76. The topological polar surface area (TPSA) is 0 Å². The van der Waals surface area contributed by atoms with E-state index in [1.54, 1.807) is 16.7 Å². The third-order valence-corrected chi connectivity index (χ3v) is 13.0. The predicted octanol–water partition coefficient (Wildman–Crippen LogP) is 4.52. The van der Waals surface area contributed by atoms with Gasteiger partial charge < -0.3 is 0 Å². The zero-order valence-electron chi connectivity index (χ0n) is 9.46. The number of hydrogen-bond acceptors (Lipinski definition) is 0. The van der Waals surface area contributed by atoms with Gasteiger partial charge in [0.05, 0.1) is 0 Å². The molecule has 76 valence electrons. The molecule has 0 unspecified atom stereocenters. The van der Waals surface area contributed by atoms with E-state index in [1.807, 2.05) is 0 Å². The average molecular weight is 224 g/mol. The Morgan fingerprint density at radius 3 is 2.79 bits per heavy atom. The van der Waals surface area contributed by atoms with Crippen LogP contribution >= 0.6 is 15.2 Å². The van der Waals surface area contributed by atoms with Crippen LogP contribution in [0.3, 0.4) is 0 Å². The first-order valence-corrected chi connectivity index (χ1v) is 9.32. The summed E-state index contributed by atoms with van der Waals surface area (Å²) in [6.07, 6.45) is 2.99. The van der Waals surface area contributed by atoms with Crippen molar-refractivity contribution in [2.45, 2.75) is 33.4 Å². The van der Waals surface area contributed by atoms with Crippen LogP contribution in [0.25, 0.3) is 0 Å². The summed E-state index contributed by atoms with van der Waals surface area (Å²) < 4.78 is 0. The summed E-state index contributed by atoms with van der Waals surface area (Å²) in [6, 6.07) is 0. The van der Waals surface area contributed by atoms with Gasteiger partial charge in [0.1, 0.15) is 0 Å². The van der Waals surface area contributed by atoms with Crippen molar-refractivity contribution < 1.29 is 0 Å². The van der Waals surface area contributed by atoms with Gasteiger partial charge >= 0.3 is 0 Å². The Bertz CT molecular complexity index is 367. The van der Waals surface area contributed by atoms with Crippen LogP contribution in [0, 0.1) is 5.41 Å². The third kappa shape index (κ3) is 0.929. The van der Waals surface area contributed by atoms with E-state index < -0.39 is 0 Å². The number of hydrogen-bond donors (Lipinski definition) is 0. The van der Waals surface area contributed by atoms with Crippen LogP contribution in [0.2, 0.25) is 0 Å². The van der Waals surface area contributed by atoms with Crippen molar-refractivity contribution in [2.75, 3.05) is 12.3 Å². The first kappa shape index (κ1) is 9.56. The summed E-state index contributed by atoms with van der Waals surface area (Å²) >= 11 is 0. The molecule has 1 saturated heterocycles. The average Bonchev–Trinajstić information content (AvgIpc) is 2.64. The van der Waals surface area contributed by atoms with E-state index in [0.717, 1.165) is 5.66 Å². The van der Waals surface area contributed by atoms with Gasteiger partial charge in [-0.15, -0.1) is 0 Å². The number of allylic oxidation sites excluding steroid dienone is 3. The van der Waals surface area contributed by atoms with E-state index in [2.05, 4.69) is 33.5 Å². The molecule has 0 aromatic heterocycles. The minimum absolute atomic E-state index is 0.311. The second-order valence-electron chi connectivity index (χ2n) is 5.29. The molecule has 3 rings (SSSR count). The summed E-state index contributed by atoms with van der Waals surface area (Å²) in [4.78, 5) is 0. The molecule has 1 fully saturated rings. The molecule has 0 spiro atoms. The van der Waals surface area contributed by atoms with Crippen molar-refractivity contribution in [1.82, 2.24) is 0 Å². The van der Waals surface area contributed by atoms with Gasteiger partial charge in [0.15, 0.2) is 0 Å². The highest BCUT2D eigenvalue weighted by Gasteiger charge is 2.57. The molecule has 0 radical (unpaired) electrons. The molecule has 0 amide bonds. The second kappa shape index (κ2) is 2.72. The quantitative estimate of drug-likeness (QED) is 0.419. The molecule has 2 bridgehead atoms. The first-order chi connectivity index (χ1) is 6.54. The van der Waals surface area contributed by atoms with E-state index >= 15 is 0 Å². The Morgan fingerprint density at radius 2 is 2.07 bits per heavy atom. The molecule has 0 aromatic carbocycles. The lowest BCUT2D eigenvalue weighted by Gasteiger charge is -2.34. The van der Waals surface area contributed by atoms with Gasteiger partial charge in [-0.1, -0.05) is 44.7 Å². The van der Waals surface area contributed by atoms with Gasteiger partial charge in [-0.2, -0.15) is 0 Å². The third-order valence-electron chi connectivity index (χ3n) is 4.45. The fourth-order valence-corrected chi connectivity index (χ4v) is 14.5. The van der Waals surface area contributed by atoms with Gasteiger partial charge in [0, 0.05) is 11.1 Å². The van der Waals surface area contributed by atoms with Gasteiger partial charge in [-0.3, -0.25) is 0 Å². The summed E-state index contributed by atoms with van der Waals surface area (Å²) in [5, 5.41) is 0. The zero-order chi connectivity index (χ0) is 10.1. The van der Waals surface area contributed by atoms with Gasteiger partial charge in [0.25, 0.3) is 0 Å². The zero-order valence-corrected chi connectivity index (χ0v) is 11.3. The minimum Gasteiger partial charge on any atom is -0.0691 e. The van der Waals surface area contributed by atoms with E-state index in [-0.39, 0.29) is 0 Å². The SMILES string of the molecule is CC1=C[P@]2C[C@@]1(C)[C@H]1C(C)=C(C)C[P@@]12. The van der Waals surface area contributed by atoms with Crippen LogP contribution in [0.1, 0.15) is 27.7 Å². The molecule has 14 heavy (non-hydrogen) atoms. The molecule has 3 aliphatic heterocycles. The smallest absolute Gasteiger partial charge is 0.0139 e. The molecule has 3 aliphatic rings. The number of rotatable bonds is 0. The Hall–Kier alpha value is 0.340. The molecule has 0 nitrogen and oxygen atoms in total. The lowest BCUT2D eigenvalue weighted by Crippen LogP contribution is -2.28. The maximum Gasteiger partial charge on any atom is 0.0139 e. The van der Waals surface area contributed by atoms with Crippen molar-refractivity contribution in [2.24, 2.45) is 5.41 Å². The summed E-state index contributed by atoms with van der Waals surface area (Å²) in [6.45, 7) is 9.66. The maximum absolute atomic E-state index is 2.66. The monoisotopic (exact) mass is 224 g/mol. The predicted molar refractivity (Wildman–Crippen MR) is 67.6 cm³/mol. The number of fused-ring (bicyclic) bond motifs is 5. The summed E-state index contributed by atoms with van der Waals surface area (Å²) in [7, 11) is 0.664. The second-order valence-corrected chi connectivity index (χ2v) is 11.5. The van der Waals surface area contributed by atoms with Gasteiger partial charge in [-0.05, 0) is 33.1 Å². The normalized spacial score (nSPS) is 50.0. The highest BCUT2D eigenvalue weighted by Crippen LogP contribution is 2.89. The van der Waals surface area contributed by atoms with Crippen molar-refractivity contribution in [3.8, 4) is 0 Å². The molecule has 3 heterocycles. The molecule has 4 atom stereocenters. The molecule has 2 heteroatoms. The van der Waals surface area contributed by atoms with E-state index in [1.165, 1.54) is 12.3 Å². The van der Waals surface area contributed by atoms with Crippen LogP contribution in [-0.2, 0) is 0 Å².